The molecule has 0 atom stereocenters. The number of rotatable bonds is 6. The minimum absolute atomic E-state index is 0.000856. The number of ketones is 1. The molecule has 0 spiro atoms. The second-order valence-electron chi connectivity index (χ2n) is 4.39. The summed E-state index contributed by atoms with van der Waals surface area (Å²) in [6.45, 7) is 4.92. The molecule has 1 aromatic rings. The third-order valence-electron chi connectivity index (χ3n) is 2.29. The van der Waals surface area contributed by atoms with Gasteiger partial charge in [-0.2, -0.15) is 0 Å². The first-order chi connectivity index (χ1) is 8.99. The van der Waals surface area contributed by atoms with E-state index in [0.29, 0.717) is 5.75 Å². The molecular weight excluding hydrogens is 244 g/mol. The van der Waals surface area contributed by atoms with E-state index in [1.807, 2.05) is 12.1 Å². The topological polar surface area (TPSA) is 52.6 Å². The Morgan fingerprint density at radius 3 is 2.37 bits per heavy atom. The minimum Gasteiger partial charge on any atom is -0.457 e. The summed E-state index contributed by atoms with van der Waals surface area (Å²) in [5, 5.41) is 0. The van der Waals surface area contributed by atoms with Gasteiger partial charge < -0.3 is 9.47 Å². The van der Waals surface area contributed by atoms with Crippen LogP contribution in [0.25, 0.3) is 6.08 Å². The Labute approximate surface area is 113 Å². The maximum absolute atomic E-state index is 11.2. The largest absolute Gasteiger partial charge is 0.457 e. The van der Waals surface area contributed by atoms with Crippen molar-refractivity contribution in [2.45, 2.75) is 20.8 Å². The van der Waals surface area contributed by atoms with E-state index < -0.39 is 0 Å². The van der Waals surface area contributed by atoms with E-state index in [2.05, 4.69) is 0 Å². The molecule has 0 saturated carbocycles. The minimum atomic E-state index is -0.291. The highest BCUT2D eigenvalue weighted by atomic mass is 16.7. The molecule has 0 N–H and O–H groups in total. The monoisotopic (exact) mass is 262 g/mol. The lowest BCUT2D eigenvalue weighted by atomic mass is 10.2. The highest BCUT2D eigenvalue weighted by Crippen LogP contribution is 2.13. The zero-order chi connectivity index (χ0) is 14.3. The Morgan fingerprint density at radius 2 is 1.84 bits per heavy atom. The highest BCUT2D eigenvalue weighted by molar-refractivity contribution is 5.91. The number of hydrogen-bond acceptors (Lipinski definition) is 4. The second-order valence-corrected chi connectivity index (χ2v) is 4.39. The first kappa shape index (κ1) is 15.0. The van der Waals surface area contributed by atoms with Crippen LogP contribution in [-0.2, 0) is 14.3 Å². The summed E-state index contributed by atoms with van der Waals surface area (Å²) in [6, 6.07) is 7.14. The second kappa shape index (κ2) is 7.36. The van der Waals surface area contributed by atoms with E-state index in [9.17, 15) is 9.59 Å². The van der Waals surface area contributed by atoms with E-state index in [4.69, 9.17) is 9.47 Å². The summed E-state index contributed by atoms with van der Waals surface area (Å²) in [5.41, 5.74) is 0.904. The standard InChI is InChI=1S/C15H18O4/c1-11(2)15(17)19-10-18-14-8-6-13(7-9-14)5-4-12(3)16/h4-9,11H,10H2,1-3H3/b5-4+. The summed E-state index contributed by atoms with van der Waals surface area (Å²) in [7, 11) is 0. The average molecular weight is 262 g/mol. The molecule has 0 fully saturated rings. The molecular formula is C15H18O4. The van der Waals surface area contributed by atoms with Gasteiger partial charge in [0.05, 0.1) is 5.92 Å². The maximum atomic E-state index is 11.2. The average Bonchev–Trinajstić information content (AvgIpc) is 2.37. The van der Waals surface area contributed by atoms with Crippen molar-refractivity contribution in [1.29, 1.82) is 0 Å². The molecule has 0 aromatic heterocycles. The molecule has 102 valence electrons. The molecule has 0 aliphatic rings. The predicted octanol–water partition coefficient (Wildman–Crippen LogP) is 2.82. The van der Waals surface area contributed by atoms with Gasteiger partial charge in [0.2, 0.25) is 6.79 Å². The number of ether oxygens (including phenoxy) is 2. The number of hydrogen-bond donors (Lipinski definition) is 0. The van der Waals surface area contributed by atoms with Gasteiger partial charge in [-0.05, 0) is 30.7 Å². The molecule has 0 bridgehead atoms. The van der Waals surface area contributed by atoms with E-state index in [1.165, 1.54) is 13.0 Å². The Kier molecular flexibility index (Phi) is 5.79. The third kappa shape index (κ3) is 5.86. The van der Waals surface area contributed by atoms with Gasteiger partial charge in [0.1, 0.15) is 5.75 Å². The molecule has 0 unspecified atom stereocenters. The van der Waals surface area contributed by atoms with Crippen molar-refractivity contribution in [2.75, 3.05) is 6.79 Å². The van der Waals surface area contributed by atoms with Gasteiger partial charge >= 0.3 is 5.97 Å². The molecule has 0 aliphatic heterocycles. The van der Waals surface area contributed by atoms with Gasteiger partial charge in [0.25, 0.3) is 0 Å². The lowest BCUT2D eigenvalue weighted by Crippen LogP contribution is -2.15. The molecule has 0 aliphatic carbocycles. The van der Waals surface area contributed by atoms with E-state index in [-0.39, 0.29) is 24.5 Å². The zero-order valence-electron chi connectivity index (χ0n) is 11.4. The van der Waals surface area contributed by atoms with Crippen molar-refractivity contribution in [2.24, 2.45) is 5.92 Å². The van der Waals surface area contributed by atoms with E-state index >= 15 is 0 Å². The quantitative estimate of drug-likeness (QED) is 0.449. The van der Waals surface area contributed by atoms with Gasteiger partial charge in [-0.25, -0.2) is 0 Å². The summed E-state index contributed by atoms with van der Waals surface area (Å²) in [5.74, 6) is 0.154. The number of esters is 1. The molecule has 4 heteroatoms. The van der Waals surface area contributed by atoms with E-state index in [1.54, 1.807) is 32.1 Å². The predicted molar refractivity (Wildman–Crippen MR) is 72.6 cm³/mol. The molecule has 0 amide bonds. The first-order valence-electron chi connectivity index (χ1n) is 6.07. The van der Waals surface area contributed by atoms with Gasteiger partial charge in [0, 0.05) is 0 Å². The van der Waals surface area contributed by atoms with Crippen LogP contribution in [0.2, 0.25) is 0 Å². The summed E-state index contributed by atoms with van der Waals surface area (Å²) >= 11 is 0. The maximum Gasteiger partial charge on any atom is 0.311 e. The molecule has 1 aromatic carbocycles. The van der Waals surface area contributed by atoms with Crippen LogP contribution >= 0.6 is 0 Å². The molecule has 0 heterocycles. The van der Waals surface area contributed by atoms with Gasteiger partial charge in [-0.15, -0.1) is 0 Å². The molecule has 1 rings (SSSR count). The van der Waals surface area contributed by atoms with Crippen LogP contribution in [-0.4, -0.2) is 18.5 Å². The van der Waals surface area contributed by atoms with Crippen LogP contribution in [0.5, 0.6) is 5.75 Å². The van der Waals surface area contributed by atoms with Crippen molar-refractivity contribution < 1.29 is 19.1 Å². The zero-order valence-corrected chi connectivity index (χ0v) is 11.4. The first-order valence-corrected chi connectivity index (χ1v) is 6.07. The SMILES string of the molecule is CC(=O)/C=C/c1ccc(OCOC(=O)C(C)C)cc1. The number of carbonyl (C=O) groups excluding carboxylic acids is 2. The third-order valence-corrected chi connectivity index (χ3v) is 2.29. The Bertz CT molecular complexity index is 458. The summed E-state index contributed by atoms with van der Waals surface area (Å²) in [4.78, 5) is 22.0. The van der Waals surface area contributed by atoms with Crippen LogP contribution in [0.15, 0.2) is 30.3 Å². The normalized spacial score (nSPS) is 10.7. The Morgan fingerprint density at radius 1 is 1.21 bits per heavy atom. The van der Waals surface area contributed by atoms with Crippen LogP contribution in [0.1, 0.15) is 26.3 Å². The van der Waals surface area contributed by atoms with Crippen molar-refractivity contribution >= 4 is 17.8 Å². The number of benzene rings is 1. The van der Waals surface area contributed by atoms with E-state index in [0.717, 1.165) is 5.56 Å². The Balaban J connectivity index is 2.44. The lowest BCUT2D eigenvalue weighted by molar-refractivity contribution is -0.153. The van der Waals surface area contributed by atoms with Crippen molar-refractivity contribution in [3.8, 4) is 5.75 Å². The number of allylic oxidation sites excluding steroid dienone is 1. The van der Waals surface area contributed by atoms with Gasteiger partial charge in [0.15, 0.2) is 5.78 Å². The van der Waals surface area contributed by atoms with Crippen molar-refractivity contribution in [3.05, 3.63) is 35.9 Å². The van der Waals surface area contributed by atoms with Gasteiger partial charge in [-0.3, -0.25) is 9.59 Å². The van der Waals surface area contributed by atoms with Crippen LogP contribution < -0.4 is 4.74 Å². The van der Waals surface area contributed by atoms with Crippen LogP contribution in [0.4, 0.5) is 0 Å². The number of carbonyl (C=O) groups is 2. The van der Waals surface area contributed by atoms with Crippen LogP contribution in [0, 0.1) is 5.92 Å². The molecule has 0 radical (unpaired) electrons. The fraction of sp³-hybridized carbons (Fsp3) is 0.333. The molecule has 4 nitrogen and oxygen atoms in total. The van der Waals surface area contributed by atoms with Crippen molar-refractivity contribution in [1.82, 2.24) is 0 Å². The molecule has 0 saturated heterocycles. The smallest absolute Gasteiger partial charge is 0.311 e. The summed E-state index contributed by atoms with van der Waals surface area (Å²) < 4.78 is 10.2. The Hall–Kier alpha value is -2.10. The van der Waals surface area contributed by atoms with Gasteiger partial charge in [-0.1, -0.05) is 32.1 Å². The fourth-order valence-corrected chi connectivity index (χ4v) is 1.21. The van der Waals surface area contributed by atoms with Crippen LogP contribution in [0.3, 0.4) is 0 Å². The fourth-order valence-electron chi connectivity index (χ4n) is 1.21. The molecule has 19 heavy (non-hydrogen) atoms. The van der Waals surface area contributed by atoms with Crippen molar-refractivity contribution in [3.63, 3.8) is 0 Å². The summed E-state index contributed by atoms with van der Waals surface area (Å²) in [6.07, 6.45) is 3.23. The lowest BCUT2D eigenvalue weighted by Gasteiger charge is -2.08. The highest BCUT2D eigenvalue weighted by Gasteiger charge is 2.07.